The number of nitrogens with zero attached hydrogens (tertiary/aromatic N) is 4. The molecule has 0 radical (unpaired) electrons. The van der Waals surface area contributed by atoms with Gasteiger partial charge in [0.25, 0.3) is 0 Å². The van der Waals surface area contributed by atoms with Gasteiger partial charge in [0.1, 0.15) is 5.75 Å². The molecule has 2 aromatic heterocycles. The lowest BCUT2D eigenvalue weighted by Gasteiger charge is -2.07. The van der Waals surface area contributed by atoms with E-state index in [1.165, 1.54) is 24.3 Å². The molecule has 2 heterocycles. The van der Waals surface area contributed by atoms with Gasteiger partial charge in [-0.3, -0.25) is 9.48 Å². The number of halogens is 2. The number of fused-ring (bicyclic) bond motifs is 1. The number of aryl methyl sites for hydroxylation is 1. The summed E-state index contributed by atoms with van der Waals surface area (Å²) in [4.78, 5) is 12.6. The second-order valence-corrected chi connectivity index (χ2v) is 6.90. The predicted octanol–water partition coefficient (Wildman–Crippen LogP) is 3.55. The van der Waals surface area contributed by atoms with E-state index < -0.39 is 6.61 Å². The number of carbonyl (C=O) groups is 1. The molecule has 0 aliphatic carbocycles. The molecule has 0 saturated carbocycles. The number of aliphatic hydroxyl groups is 1. The van der Waals surface area contributed by atoms with E-state index in [1.807, 2.05) is 18.2 Å². The molecule has 0 fully saturated rings. The summed E-state index contributed by atoms with van der Waals surface area (Å²) < 4.78 is 30.4. The van der Waals surface area contributed by atoms with Gasteiger partial charge in [0, 0.05) is 23.6 Å². The van der Waals surface area contributed by atoms with Gasteiger partial charge in [-0.2, -0.15) is 24.1 Å². The second-order valence-electron chi connectivity index (χ2n) is 6.90. The van der Waals surface area contributed by atoms with Gasteiger partial charge in [0.05, 0.1) is 36.1 Å². The molecule has 158 valence electrons. The highest BCUT2D eigenvalue weighted by atomic mass is 19.3. The minimum absolute atomic E-state index is 0.0109. The van der Waals surface area contributed by atoms with Crippen molar-refractivity contribution >= 4 is 16.7 Å². The second kappa shape index (κ2) is 8.57. The average Bonchev–Trinajstić information content (AvgIpc) is 3.13. The van der Waals surface area contributed by atoms with Crippen molar-refractivity contribution in [3.05, 3.63) is 71.7 Å². The number of Topliss-reactive ketones (excluding diaryl/α,β-unsaturated/α-hetero) is 1. The zero-order valence-electron chi connectivity index (χ0n) is 16.5. The smallest absolute Gasteiger partial charge is 0.387 e. The van der Waals surface area contributed by atoms with Crippen molar-refractivity contribution in [2.24, 2.45) is 7.05 Å². The van der Waals surface area contributed by atoms with Gasteiger partial charge >= 0.3 is 6.61 Å². The molecule has 0 aliphatic rings. The van der Waals surface area contributed by atoms with Gasteiger partial charge in [-0.15, -0.1) is 0 Å². The first-order chi connectivity index (χ1) is 14.9. The largest absolute Gasteiger partial charge is 0.435 e. The summed E-state index contributed by atoms with van der Waals surface area (Å²) in [5.41, 5.74) is 3.88. The minimum Gasteiger partial charge on any atom is -0.435 e. The van der Waals surface area contributed by atoms with Gasteiger partial charge in [-0.1, -0.05) is 6.07 Å². The summed E-state index contributed by atoms with van der Waals surface area (Å²) in [5.74, 6) is -0.231. The summed E-state index contributed by atoms with van der Waals surface area (Å²) in [7, 11) is 1.76. The Hall–Kier alpha value is -3.72. The van der Waals surface area contributed by atoms with E-state index in [0.717, 1.165) is 16.5 Å². The molecule has 0 saturated heterocycles. The molecular weight excluding hydrogens is 406 g/mol. The summed E-state index contributed by atoms with van der Waals surface area (Å²) in [6.07, 6.45) is 1.70. The van der Waals surface area contributed by atoms with Crippen LogP contribution >= 0.6 is 0 Å². The lowest BCUT2D eigenvalue weighted by atomic mass is 10.0. The number of benzene rings is 2. The van der Waals surface area contributed by atoms with Crippen LogP contribution in [0.1, 0.15) is 21.7 Å². The summed E-state index contributed by atoms with van der Waals surface area (Å²) in [5, 5.41) is 22.9. The van der Waals surface area contributed by atoms with Crippen LogP contribution in [0.4, 0.5) is 8.78 Å². The molecule has 1 N–H and O–H groups in total. The van der Waals surface area contributed by atoms with Crippen molar-refractivity contribution in [1.29, 1.82) is 0 Å². The Morgan fingerprint density at radius 2 is 1.90 bits per heavy atom. The van der Waals surface area contributed by atoms with E-state index in [-0.39, 0.29) is 24.6 Å². The van der Waals surface area contributed by atoms with Gasteiger partial charge in [-0.05, 0) is 48.0 Å². The lowest BCUT2D eigenvalue weighted by molar-refractivity contribution is -0.0498. The van der Waals surface area contributed by atoms with Gasteiger partial charge < -0.3 is 9.84 Å². The Bertz CT molecular complexity index is 1240. The van der Waals surface area contributed by atoms with Crippen LogP contribution in [0.2, 0.25) is 0 Å². The Labute approximate surface area is 175 Å². The number of ketones is 1. The zero-order valence-corrected chi connectivity index (χ0v) is 16.5. The fourth-order valence-corrected chi connectivity index (χ4v) is 3.32. The standard InChI is InChI=1S/C22H18F2N4O3/c1-28-20(12-29)18(11-25-28)14-4-7-19-15(8-14)9-16(26-27-19)10-21(30)13-2-5-17(6-3-13)31-22(23)24/h2-9,11,22,29H,10,12H2,1H3. The topological polar surface area (TPSA) is 90.1 Å². The molecular formula is C22H18F2N4O3. The third-order valence-corrected chi connectivity index (χ3v) is 4.90. The maximum absolute atomic E-state index is 12.6. The van der Waals surface area contributed by atoms with Gasteiger partial charge in [0.2, 0.25) is 0 Å². The van der Waals surface area contributed by atoms with Crippen LogP contribution in [-0.4, -0.2) is 37.5 Å². The highest BCUT2D eigenvalue weighted by molar-refractivity contribution is 5.97. The van der Waals surface area contributed by atoms with E-state index in [2.05, 4.69) is 20.0 Å². The molecule has 0 amide bonds. The fourth-order valence-electron chi connectivity index (χ4n) is 3.32. The first kappa shape index (κ1) is 20.5. The molecule has 9 heteroatoms. The Balaban J connectivity index is 1.57. The summed E-state index contributed by atoms with van der Waals surface area (Å²) in [6.45, 7) is -3.06. The Morgan fingerprint density at radius 1 is 1.13 bits per heavy atom. The first-order valence-corrected chi connectivity index (χ1v) is 9.41. The van der Waals surface area contributed by atoms with Crippen LogP contribution in [0.25, 0.3) is 22.0 Å². The lowest BCUT2D eigenvalue weighted by Crippen LogP contribution is -2.07. The van der Waals surface area contributed by atoms with Gasteiger partial charge in [0.15, 0.2) is 5.78 Å². The number of ether oxygens (including phenoxy) is 1. The number of alkyl halides is 2. The Morgan fingerprint density at radius 3 is 2.61 bits per heavy atom. The number of aromatic nitrogens is 4. The van der Waals surface area contributed by atoms with Crippen molar-refractivity contribution in [3.63, 3.8) is 0 Å². The van der Waals surface area contributed by atoms with E-state index in [4.69, 9.17) is 0 Å². The number of hydrogen-bond donors (Lipinski definition) is 1. The van der Waals surface area contributed by atoms with Crippen LogP contribution in [0.3, 0.4) is 0 Å². The van der Waals surface area contributed by atoms with E-state index >= 15 is 0 Å². The van der Waals surface area contributed by atoms with E-state index in [0.29, 0.717) is 22.5 Å². The highest BCUT2D eigenvalue weighted by Crippen LogP contribution is 2.27. The highest BCUT2D eigenvalue weighted by Gasteiger charge is 2.13. The van der Waals surface area contributed by atoms with Crippen molar-refractivity contribution in [2.75, 3.05) is 0 Å². The molecule has 7 nitrogen and oxygen atoms in total. The molecule has 0 bridgehead atoms. The average molecular weight is 424 g/mol. The monoisotopic (exact) mass is 424 g/mol. The van der Waals surface area contributed by atoms with Crippen molar-refractivity contribution in [1.82, 2.24) is 20.0 Å². The minimum atomic E-state index is -2.92. The SMILES string of the molecule is Cn1ncc(-c2ccc3nnc(CC(=O)c4ccc(OC(F)F)cc4)cc3c2)c1CO. The molecule has 4 rings (SSSR count). The predicted molar refractivity (Wildman–Crippen MR) is 109 cm³/mol. The molecule has 0 atom stereocenters. The van der Waals surface area contributed by atoms with Crippen molar-refractivity contribution in [3.8, 4) is 16.9 Å². The van der Waals surface area contributed by atoms with Crippen LogP contribution in [0.5, 0.6) is 5.75 Å². The van der Waals surface area contributed by atoms with Crippen molar-refractivity contribution < 1.29 is 23.4 Å². The number of hydrogen-bond acceptors (Lipinski definition) is 6. The maximum atomic E-state index is 12.6. The Kier molecular flexibility index (Phi) is 5.68. The molecule has 0 aliphatic heterocycles. The zero-order chi connectivity index (χ0) is 22.0. The van der Waals surface area contributed by atoms with Crippen LogP contribution < -0.4 is 4.74 Å². The quantitative estimate of drug-likeness (QED) is 0.457. The molecule has 4 aromatic rings. The maximum Gasteiger partial charge on any atom is 0.387 e. The molecule has 0 unspecified atom stereocenters. The van der Waals surface area contributed by atoms with Crippen LogP contribution in [0.15, 0.2) is 54.7 Å². The third kappa shape index (κ3) is 4.41. The van der Waals surface area contributed by atoms with E-state index in [1.54, 1.807) is 24.0 Å². The summed E-state index contributed by atoms with van der Waals surface area (Å²) >= 11 is 0. The molecule has 2 aromatic carbocycles. The number of rotatable bonds is 7. The van der Waals surface area contributed by atoms with Crippen LogP contribution in [-0.2, 0) is 20.1 Å². The number of carbonyl (C=O) groups excluding carboxylic acids is 1. The molecule has 0 spiro atoms. The van der Waals surface area contributed by atoms with E-state index in [9.17, 15) is 18.7 Å². The van der Waals surface area contributed by atoms with Crippen LogP contribution in [0, 0.1) is 0 Å². The third-order valence-electron chi connectivity index (χ3n) is 4.90. The van der Waals surface area contributed by atoms with Crippen molar-refractivity contribution in [2.45, 2.75) is 19.6 Å². The van der Waals surface area contributed by atoms with Gasteiger partial charge in [-0.25, -0.2) is 0 Å². The number of aliphatic hydroxyl groups excluding tert-OH is 1. The summed E-state index contributed by atoms with van der Waals surface area (Å²) in [6, 6.07) is 12.9. The fraction of sp³-hybridized carbons (Fsp3) is 0.182. The normalized spacial score (nSPS) is 11.3. The molecule has 31 heavy (non-hydrogen) atoms. The first-order valence-electron chi connectivity index (χ1n) is 9.41.